The van der Waals surface area contributed by atoms with Crippen LogP contribution < -0.4 is 5.56 Å². The molecule has 1 N–H and O–H groups in total. The summed E-state index contributed by atoms with van der Waals surface area (Å²) >= 11 is 7.51. The first kappa shape index (κ1) is 20.6. The summed E-state index contributed by atoms with van der Waals surface area (Å²) in [6.07, 6.45) is 0.964. The van der Waals surface area contributed by atoms with Gasteiger partial charge in [-0.2, -0.15) is 0 Å². The fourth-order valence-electron chi connectivity index (χ4n) is 3.30. The molecule has 1 aliphatic heterocycles. The minimum absolute atomic E-state index is 0.254. The molecule has 2 aromatic rings. The molecule has 0 fully saturated rings. The summed E-state index contributed by atoms with van der Waals surface area (Å²) in [5.74, 6) is -0.425. The molecular weight excluding hydrogens is 398 g/mol. The summed E-state index contributed by atoms with van der Waals surface area (Å²) in [6, 6.07) is 7.13. The number of nitrogens with one attached hydrogen (secondary N) is 1. The van der Waals surface area contributed by atoms with E-state index in [0.717, 1.165) is 17.7 Å². The molecule has 0 spiro atoms. The predicted octanol–water partition coefficient (Wildman–Crippen LogP) is 4.34. The molecule has 28 heavy (non-hydrogen) atoms. The van der Waals surface area contributed by atoms with Gasteiger partial charge < -0.3 is 9.72 Å². The van der Waals surface area contributed by atoms with Crippen LogP contribution in [0.25, 0.3) is 0 Å². The van der Waals surface area contributed by atoms with Crippen LogP contribution in [0, 0.1) is 5.92 Å². The number of halogens is 1. The van der Waals surface area contributed by atoms with Gasteiger partial charge in [0.15, 0.2) is 11.0 Å². The third-order valence-corrected chi connectivity index (χ3v) is 5.83. The first-order valence-corrected chi connectivity index (χ1v) is 10.6. The number of fused-ring (bicyclic) bond motifs is 1. The molecule has 3 rings (SSSR count). The maximum Gasteiger partial charge on any atom is 0.315 e. The Morgan fingerprint density at radius 3 is 2.64 bits per heavy atom. The van der Waals surface area contributed by atoms with Gasteiger partial charge in [-0.1, -0.05) is 42.4 Å². The Labute approximate surface area is 172 Å². The number of carbonyl (C=O) groups excluding carboxylic acids is 1. The van der Waals surface area contributed by atoms with Gasteiger partial charge in [-0.3, -0.25) is 9.59 Å². The zero-order valence-corrected chi connectivity index (χ0v) is 17.6. The van der Waals surface area contributed by atoms with E-state index in [0.29, 0.717) is 27.3 Å². The molecule has 2 unspecified atom stereocenters. The van der Waals surface area contributed by atoms with Crippen molar-refractivity contribution in [1.29, 1.82) is 0 Å². The lowest BCUT2D eigenvalue weighted by Crippen LogP contribution is -2.36. The monoisotopic (exact) mass is 419 g/mol. The van der Waals surface area contributed by atoms with E-state index in [1.54, 1.807) is 26.0 Å². The van der Waals surface area contributed by atoms with E-state index in [-0.39, 0.29) is 12.2 Å². The minimum atomic E-state index is -0.689. The van der Waals surface area contributed by atoms with Gasteiger partial charge in [-0.05, 0) is 38.0 Å². The average molecular weight is 420 g/mol. The summed E-state index contributed by atoms with van der Waals surface area (Å²) in [4.78, 5) is 37.6. The number of rotatable bonds is 6. The van der Waals surface area contributed by atoms with E-state index in [4.69, 9.17) is 16.3 Å². The second-order valence-electron chi connectivity index (χ2n) is 6.47. The van der Waals surface area contributed by atoms with Crippen LogP contribution in [-0.4, -0.2) is 34.0 Å². The van der Waals surface area contributed by atoms with Crippen LogP contribution in [0.5, 0.6) is 0 Å². The highest BCUT2D eigenvalue weighted by molar-refractivity contribution is 7.99. The Kier molecular flexibility index (Phi) is 6.57. The van der Waals surface area contributed by atoms with Crippen molar-refractivity contribution in [1.82, 2.24) is 9.97 Å². The van der Waals surface area contributed by atoms with E-state index < -0.39 is 17.8 Å². The number of benzene rings is 1. The summed E-state index contributed by atoms with van der Waals surface area (Å²) in [7, 11) is 0. The Bertz CT molecular complexity index is 956. The largest absolute Gasteiger partial charge is 0.465 e. The Balaban J connectivity index is 2.17. The van der Waals surface area contributed by atoms with Gasteiger partial charge in [0.25, 0.3) is 5.56 Å². The molecule has 0 saturated carbocycles. The molecule has 0 saturated heterocycles. The van der Waals surface area contributed by atoms with Crippen LogP contribution in [0.4, 0.5) is 5.82 Å². The minimum Gasteiger partial charge on any atom is -0.465 e. The number of aromatic nitrogens is 2. The molecule has 148 valence electrons. The number of carbonyl (C=O) groups is 1. The van der Waals surface area contributed by atoms with Gasteiger partial charge in [-0.15, -0.1) is 0 Å². The highest BCUT2D eigenvalue weighted by Gasteiger charge is 2.41. The van der Waals surface area contributed by atoms with Crippen LogP contribution in [0.3, 0.4) is 0 Å². The number of hydrogen-bond acceptors (Lipinski definition) is 6. The van der Waals surface area contributed by atoms with Crippen LogP contribution in [0.1, 0.15) is 44.2 Å². The predicted molar refractivity (Wildman–Crippen MR) is 112 cm³/mol. The second-order valence-corrected chi connectivity index (χ2v) is 7.99. The topological polar surface area (TPSA) is 84.4 Å². The zero-order chi connectivity index (χ0) is 20.3. The SMILES string of the molecule is CCCSc1nc2c(c(=O)[nH]1)C(c1ccc(Cl)cc1)C(C(=O)OCC)C(C)=N2. The Morgan fingerprint density at radius 1 is 1.29 bits per heavy atom. The van der Waals surface area contributed by atoms with Crippen LogP contribution >= 0.6 is 23.4 Å². The molecule has 2 heterocycles. The molecule has 0 radical (unpaired) electrons. The van der Waals surface area contributed by atoms with E-state index in [1.165, 1.54) is 11.8 Å². The van der Waals surface area contributed by atoms with Gasteiger partial charge >= 0.3 is 5.97 Å². The number of H-pyrrole nitrogens is 1. The third kappa shape index (κ3) is 4.15. The lowest BCUT2D eigenvalue weighted by molar-refractivity contribution is -0.146. The lowest BCUT2D eigenvalue weighted by atomic mass is 9.77. The van der Waals surface area contributed by atoms with Crippen molar-refractivity contribution in [2.45, 2.75) is 38.3 Å². The van der Waals surface area contributed by atoms with Crippen molar-refractivity contribution in [2.24, 2.45) is 10.9 Å². The first-order valence-electron chi connectivity index (χ1n) is 9.20. The van der Waals surface area contributed by atoms with Crippen molar-refractivity contribution < 1.29 is 9.53 Å². The van der Waals surface area contributed by atoms with Crippen molar-refractivity contribution >= 4 is 40.9 Å². The summed E-state index contributed by atoms with van der Waals surface area (Å²) in [5, 5.41) is 1.11. The lowest BCUT2D eigenvalue weighted by Gasteiger charge is -2.30. The molecule has 8 heteroatoms. The molecule has 0 aliphatic carbocycles. The van der Waals surface area contributed by atoms with Crippen molar-refractivity contribution in [3.05, 3.63) is 50.8 Å². The molecule has 1 aromatic carbocycles. The van der Waals surface area contributed by atoms with Gasteiger partial charge in [0.1, 0.15) is 5.92 Å². The number of ether oxygens (including phenoxy) is 1. The quantitative estimate of drug-likeness (QED) is 0.427. The van der Waals surface area contributed by atoms with E-state index in [2.05, 4.69) is 21.9 Å². The van der Waals surface area contributed by atoms with E-state index >= 15 is 0 Å². The van der Waals surface area contributed by atoms with E-state index in [9.17, 15) is 9.59 Å². The normalized spacial score (nSPS) is 18.4. The molecule has 2 atom stereocenters. The smallest absolute Gasteiger partial charge is 0.315 e. The number of esters is 1. The zero-order valence-electron chi connectivity index (χ0n) is 16.0. The number of aliphatic imine (C=N–C) groups is 1. The number of nitrogens with zero attached hydrogens (tertiary/aromatic N) is 2. The molecule has 1 aliphatic rings. The third-order valence-electron chi connectivity index (χ3n) is 4.50. The van der Waals surface area contributed by atoms with Crippen LogP contribution in [0.2, 0.25) is 5.02 Å². The fraction of sp³-hybridized carbons (Fsp3) is 0.400. The van der Waals surface area contributed by atoms with Gasteiger partial charge in [0.05, 0.1) is 12.2 Å². The number of thioether (sulfide) groups is 1. The molecule has 6 nitrogen and oxygen atoms in total. The highest BCUT2D eigenvalue weighted by Crippen LogP contribution is 2.41. The standard InChI is InChI=1S/C20H22ClN3O3S/c1-4-10-28-20-23-17-16(18(25)24-20)15(12-6-8-13(21)9-7-12)14(11(3)22-17)19(26)27-5-2/h6-9,14-15H,4-5,10H2,1-3H3,(H,23,24,25). The number of hydrogen-bond donors (Lipinski definition) is 1. The molecular formula is C20H22ClN3O3S. The van der Waals surface area contributed by atoms with Crippen LogP contribution in [0.15, 0.2) is 39.2 Å². The Morgan fingerprint density at radius 2 is 2.00 bits per heavy atom. The van der Waals surface area contributed by atoms with Gasteiger partial charge in [0.2, 0.25) is 0 Å². The summed E-state index contributed by atoms with van der Waals surface area (Å²) in [5.41, 5.74) is 1.47. The van der Waals surface area contributed by atoms with Gasteiger partial charge in [-0.25, -0.2) is 9.98 Å². The fourth-order valence-corrected chi connectivity index (χ4v) is 4.13. The average Bonchev–Trinajstić information content (AvgIpc) is 2.66. The van der Waals surface area contributed by atoms with Crippen molar-refractivity contribution in [2.75, 3.05) is 12.4 Å². The molecule has 0 amide bonds. The van der Waals surface area contributed by atoms with Crippen molar-refractivity contribution in [3.63, 3.8) is 0 Å². The van der Waals surface area contributed by atoms with Crippen molar-refractivity contribution in [3.8, 4) is 0 Å². The molecule has 1 aromatic heterocycles. The summed E-state index contributed by atoms with van der Waals surface area (Å²) < 4.78 is 5.28. The molecule has 0 bridgehead atoms. The maximum atomic E-state index is 13.0. The Hall–Kier alpha value is -2.12. The van der Waals surface area contributed by atoms with E-state index in [1.807, 2.05) is 12.1 Å². The first-order chi connectivity index (χ1) is 13.5. The van der Waals surface area contributed by atoms with Crippen LogP contribution in [-0.2, 0) is 9.53 Å². The highest BCUT2D eigenvalue weighted by atomic mass is 35.5. The second kappa shape index (κ2) is 8.92. The van der Waals surface area contributed by atoms with Gasteiger partial charge in [0, 0.05) is 22.4 Å². The summed E-state index contributed by atoms with van der Waals surface area (Å²) in [6.45, 7) is 5.84. The number of aromatic amines is 1. The maximum absolute atomic E-state index is 13.0.